The molecule has 0 radical (unpaired) electrons. The third kappa shape index (κ3) is 2.45. The van der Waals surface area contributed by atoms with Gasteiger partial charge in [0.25, 0.3) is 0 Å². The number of hydrogen-bond donors (Lipinski definition) is 2. The second-order valence-corrected chi connectivity index (χ2v) is 4.53. The van der Waals surface area contributed by atoms with Gasteiger partial charge in [-0.3, -0.25) is 0 Å². The first kappa shape index (κ1) is 11.6. The summed E-state index contributed by atoms with van der Waals surface area (Å²) < 4.78 is 0. The number of thiophene rings is 1. The van der Waals surface area contributed by atoms with Gasteiger partial charge in [-0.1, -0.05) is 0 Å². The lowest BCUT2D eigenvalue weighted by Crippen LogP contribution is -2.08. The van der Waals surface area contributed by atoms with Crippen LogP contribution in [0, 0.1) is 13.8 Å². The van der Waals surface area contributed by atoms with E-state index in [1.165, 1.54) is 0 Å². The molecular formula is C12H12N2O2S. The molecule has 2 aromatic rings. The van der Waals surface area contributed by atoms with E-state index in [-0.39, 0.29) is 5.56 Å². The van der Waals surface area contributed by atoms with Crippen LogP contribution in [0.4, 0.5) is 11.5 Å². The predicted octanol–water partition coefficient (Wildman–Crippen LogP) is 3.20. The first-order valence-electron chi connectivity index (χ1n) is 5.08. The van der Waals surface area contributed by atoms with Gasteiger partial charge in [-0.15, -0.1) is 0 Å². The molecule has 4 nitrogen and oxygen atoms in total. The highest BCUT2D eigenvalue weighted by molar-refractivity contribution is 7.08. The second-order valence-electron chi connectivity index (χ2n) is 3.75. The van der Waals surface area contributed by atoms with Gasteiger partial charge in [-0.05, 0) is 36.9 Å². The first-order chi connectivity index (χ1) is 8.08. The van der Waals surface area contributed by atoms with Gasteiger partial charge >= 0.3 is 5.97 Å². The minimum atomic E-state index is -0.965. The first-order valence-corrected chi connectivity index (χ1v) is 6.03. The fourth-order valence-electron chi connectivity index (χ4n) is 1.67. The van der Waals surface area contributed by atoms with Gasteiger partial charge < -0.3 is 10.4 Å². The molecule has 0 aliphatic carbocycles. The van der Waals surface area contributed by atoms with Crippen LogP contribution in [0.1, 0.15) is 21.6 Å². The maximum atomic E-state index is 11.2. The van der Waals surface area contributed by atoms with E-state index in [0.29, 0.717) is 11.4 Å². The number of carboxylic acids is 1. The van der Waals surface area contributed by atoms with Gasteiger partial charge in [0.2, 0.25) is 0 Å². The zero-order chi connectivity index (χ0) is 12.4. The highest BCUT2D eigenvalue weighted by Crippen LogP contribution is 2.23. The molecule has 5 heteroatoms. The fourth-order valence-corrected chi connectivity index (χ4v) is 2.26. The number of aromatic carboxylic acids is 1. The van der Waals surface area contributed by atoms with Crippen LogP contribution in [-0.4, -0.2) is 16.1 Å². The summed E-state index contributed by atoms with van der Waals surface area (Å²) in [5, 5.41) is 16.1. The average Bonchev–Trinajstić information content (AvgIpc) is 2.68. The Morgan fingerprint density at radius 1 is 1.47 bits per heavy atom. The van der Waals surface area contributed by atoms with Gasteiger partial charge in [0.05, 0.1) is 5.69 Å². The number of aryl methyl sites for hydroxylation is 2. The molecule has 0 saturated heterocycles. The molecule has 2 N–H and O–H groups in total. The van der Waals surface area contributed by atoms with E-state index in [1.54, 1.807) is 24.3 Å². The van der Waals surface area contributed by atoms with E-state index in [1.807, 2.05) is 23.8 Å². The molecule has 0 amide bonds. The molecule has 0 atom stereocenters. The summed E-state index contributed by atoms with van der Waals surface area (Å²) in [7, 11) is 0. The lowest BCUT2D eigenvalue weighted by atomic mass is 10.1. The van der Waals surface area contributed by atoms with Crippen molar-refractivity contribution in [3.8, 4) is 0 Å². The third-order valence-corrected chi connectivity index (χ3v) is 3.03. The summed E-state index contributed by atoms with van der Waals surface area (Å²) in [6, 6.07) is 3.65. The summed E-state index contributed by atoms with van der Waals surface area (Å²) in [5.41, 5.74) is 2.59. The van der Waals surface area contributed by atoms with Gasteiger partial charge in [0, 0.05) is 11.1 Å². The highest BCUT2D eigenvalue weighted by Gasteiger charge is 2.15. The lowest BCUT2D eigenvalue weighted by molar-refractivity contribution is 0.0697. The molecule has 0 bridgehead atoms. The maximum absolute atomic E-state index is 11.2. The van der Waals surface area contributed by atoms with Crippen molar-refractivity contribution in [3.05, 3.63) is 39.7 Å². The Bertz CT molecular complexity index is 550. The molecule has 0 aromatic carbocycles. The summed E-state index contributed by atoms with van der Waals surface area (Å²) in [5.74, 6) is -0.568. The van der Waals surface area contributed by atoms with E-state index in [9.17, 15) is 9.90 Å². The Morgan fingerprint density at radius 2 is 2.24 bits per heavy atom. The number of carboxylic acid groups (broad SMARTS) is 1. The normalized spacial score (nSPS) is 10.2. The number of nitrogens with one attached hydrogen (secondary N) is 1. The standard InChI is InChI=1S/C12H12N2O2S/c1-7-5-8(2)13-11(10(7)12(15)16)14-9-3-4-17-6-9/h3-6H,1-2H3,(H,13,14)(H,15,16). The maximum Gasteiger partial charge on any atom is 0.339 e. The van der Waals surface area contributed by atoms with Crippen molar-refractivity contribution >= 4 is 28.8 Å². The quantitative estimate of drug-likeness (QED) is 0.875. The zero-order valence-electron chi connectivity index (χ0n) is 9.52. The van der Waals surface area contributed by atoms with E-state index in [2.05, 4.69) is 10.3 Å². The molecule has 88 valence electrons. The van der Waals surface area contributed by atoms with Gasteiger partial charge in [0.1, 0.15) is 11.4 Å². The van der Waals surface area contributed by atoms with Crippen molar-refractivity contribution in [1.82, 2.24) is 4.98 Å². The largest absolute Gasteiger partial charge is 0.478 e. The van der Waals surface area contributed by atoms with Crippen LogP contribution in [0.15, 0.2) is 22.9 Å². The number of aromatic nitrogens is 1. The lowest BCUT2D eigenvalue weighted by Gasteiger charge is -2.10. The monoisotopic (exact) mass is 248 g/mol. The van der Waals surface area contributed by atoms with Crippen LogP contribution in [0.3, 0.4) is 0 Å². The Kier molecular flexibility index (Phi) is 3.10. The molecular weight excluding hydrogens is 236 g/mol. The second kappa shape index (κ2) is 4.55. The Labute approximate surface area is 103 Å². The SMILES string of the molecule is Cc1cc(C)c(C(=O)O)c(Nc2ccsc2)n1. The van der Waals surface area contributed by atoms with Crippen molar-refractivity contribution in [2.24, 2.45) is 0 Å². The van der Waals surface area contributed by atoms with E-state index >= 15 is 0 Å². The van der Waals surface area contributed by atoms with Crippen molar-refractivity contribution in [1.29, 1.82) is 0 Å². The van der Waals surface area contributed by atoms with Crippen molar-refractivity contribution in [2.75, 3.05) is 5.32 Å². The molecule has 2 aromatic heterocycles. The van der Waals surface area contributed by atoms with Crippen LogP contribution >= 0.6 is 11.3 Å². The Balaban J connectivity index is 2.47. The minimum Gasteiger partial charge on any atom is -0.478 e. The number of hydrogen-bond acceptors (Lipinski definition) is 4. The van der Waals surface area contributed by atoms with Crippen LogP contribution in [-0.2, 0) is 0 Å². The molecule has 0 unspecified atom stereocenters. The number of anilines is 2. The average molecular weight is 248 g/mol. The van der Waals surface area contributed by atoms with Crippen molar-refractivity contribution in [3.63, 3.8) is 0 Å². The number of rotatable bonds is 3. The van der Waals surface area contributed by atoms with E-state index in [0.717, 1.165) is 11.4 Å². The topological polar surface area (TPSA) is 62.2 Å². The van der Waals surface area contributed by atoms with E-state index < -0.39 is 5.97 Å². The smallest absolute Gasteiger partial charge is 0.339 e. The predicted molar refractivity (Wildman–Crippen MR) is 68.3 cm³/mol. The number of carbonyl (C=O) groups is 1. The Morgan fingerprint density at radius 3 is 2.82 bits per heavy atom. The molecule has 2 heterocycles. The Hall–Kier alpha value is -1.88. The van der Waals surface area contributed by atoms with E-state index in [4.69, 9.17) is 0 Å². The molecule has 0 aliphatic heterocycles. The molecule has 0 spiro atoms. The number of pyridine rings is 1. The summed E-state index contributed by atoms with van der Waals surface area (Å²) in [4.78, 5) is 15.4. The van der Waals surface area contributed by atoms with Crippen LogP contribution in [0.25, 0.3) is 0 Å². The molecule has 0 aliphatic rings. The summed E-state index contributed by atoms with van der Waals surface area (Å²) >= 11 is 1.54. The van der Waals surface area contributed by atoms with Crippen LogP contribution in [0.2, 0.25) is 0 Å². The van der Waals surface area contributed by atoms with Gasteiger partial charge in [0.15, 0.2) is 0 Å². The van der Waals surface area contributed by atoms with Gasteiger partial charge in [-0.25, -0.2) is 9.78 Å². The fraction of sp³-hybridized carbons (Fsp3) is 0.167. The third-order valence-electron chi connectivity index (χ3n) is 2.34. The molecule has 17 heavy (non-hydrogen) atoms. The highest BCUT2D eigenvalue weighted by atomic mass is 32.1. The van der Waals surface area contributed by atoms with Crippen LogP contribution in [0.5, 0.6) is 0 Å². The van der Waals surface area contributed by atoms with Crippen molar-refractivity contribution in [2.45, 2.75) is 13.8 Å². The summed E-state index contributed by atoms with van der Waals surface area (Å²) in [6.45, 7) is 3.62. The summed E-state index contributed by atoms with van der Waals surface area (Å²) in [6.07, 6.45) is 0. The van der Waals surface area contributed by atoms with Crippen LogP contribution < -0.4 is 5.32 Å². The minimum absolute atomic E-state index is 0.224. The zero-order valence-corrected chi connectivity index (χ0v) is 10.3. The van der Waals surface area contributed by atoms with Gasteiger partial charge in [-0.2, -0.15) is 11.3 Å². The van der Waals surface area contributed by atoms with Crippen molar-refractivity contribution < 1.29 is 9.90 Å². The number of nitrogens with zero attached hydrogens (tertiary/aromatic N) is 1. The molecule has 0 saturated carbocycles. The molecule has 2 rings (SSSR count). The molecule has 0 fully saturated rings.